The summed E-state index contributed by atoms with van der Waals surface area (Å²) in [7, 11) is 0. The van der Waals surface area contributed by atoms with Crippen LogP contribution in [-0.2, 0) is 47.5 Å². The number of amides is 2. The molecule has 4 heterocycles. The lowest BCUT2D eigenvalue weighted by atomic mass is 9.71. The molecule has 4 aliphatic heterocycles. The molecule has 10 atom stereocenters. The predicted octanol–water partition coefficient (Wildman–Crippen LogP) is 4.21. The van der Waals surface area contributed by atoms with Crippen LogP contribution in [0.15, 0.2) is 36.4 Å². The summed E-state index contributed by atoms with van der Waals surface area (Å²) in [6.45, 7) is 5.92. The van der Waals surface area contributed by atoms with E-state index in [0.717, 1.165) is 43.4 Å². The van der Waals surface area contributed by atoms with Gasteiger partial charge < -0.3 is 48.9 Å². The van der Waals surface area contributed by atoms with E-state index < -0.39 is 42.0 Å². The van der Waals surface area contributed by atoms with Crippen molar-refractivity contribution in [1.29, 1.82) is 0 Å². The van der Waals surface area contributed by atoms with Gasteiger partial charge in [0.2, 0.25) is 0 Å². The van der Waals surface area contributed by atoms with Crippen molar-refractivity contribution in [3.8, 4) is 0 Å². The zero-order valence-corrected chi connectivity index (χ0v) is 34.1. The van der Waals surface area contributed by atoms with Gasteiger partial charge in [0, 0.05) is 42.4 Å². The van der Waals surface area contributed by atoms with Gasteiger partial charge in [-0.1, -0.05) is 43.7 Å². The summed E-state index contributed by atoms with van der Waals surface area (Å²) in [5, 5.41) is 15.8. The van der Waals surface area contributed by atoms with Crippen LogP contribution in [0.5, 0.6) is 0 Å². The number of hydrogen-bond acceptors (Lipinski definition) is 13. The maximum Gasteiger partial charge on any atom is 0.332 e. The first-order chi connectivity index (χ1) is 27.6. The molecule has 57 heavy (non-hydrogen) atoms. The molecule has 0 radical (unpaired) electrons. The summed E-state index contributed by atoms with van der Waals surface area (Å²) >= 11 is 1.88. The number of thioether (sulfide) groups is 1. The van der Waals surface area contributed by atoms with Crippen LogP contribution in [0.4, 0.5) is 4.79 Å². The van der Waals surface area contributed by atoms with E-state index in [2.05, 4.69) is 17.6 Å². The van der Waals surface area contributed by atoms with E-state index >= 15 is 0 Å². The molecule has 1 aromatic rings. The Labute approximate surface area is 339 Å². The predicted molar refractivity (Wildman–Crippen MR) is 211 cm³/mol. The molecule has 316 valence electrons. The summed E-state index contributed by atoms with van der Waals surface area (Å²) in [5.41, 5.74) is -0.761. The molecule has 1 aliphatic carbocycles. The molecule has 4 saturated heterocycles. The SMILES string of the molecule is C[C@@H]1CC[C@@H]2[C@@H]1[C@H](OC(=O)/C=C/c1ccccc1)[C@]1(CCCOCCOCCOCCOC(=O)CCCC[C@@H]3SC[C@@H]4NC(=O)N[C@@H]43)C[C@@H](OC(=O)CO)[C@@]2(C)O1. The van der Waals surface area contributed by atoms with Crippen molar-refractivity contribution in [3.05, 3.63) is 42.0 Å². The summed E-state index contributed by atoms with van der Waals surface area (Å²) in [6.07, 6.45) is 8.41. The highest BCUT2D eigenvalue weighted by Crippen LogP contribution is 2.62. The number of ether oxygens (including phenoxy) is 7. The fourth-order valence-electron chi connectivity index (χ4n) is 9.59. The molecule has 2 amide bonds. The molecule has 1 saturated carbocycles. The lowest BCUT2D eigenvalue weighted by molar-refractivity contribution is -0.255. The fraction of sp³-hybridized carbons (Fsp3) is 0.714. The number of benzene rings is 1. The maximum atomic E-state index is 13.3. The first-order valence-corrected chi connectivity index (χ1v) is 21.7. The van der Waals surface area contributed by atoms with Crippen molar-refractivity contribution in [1.82, 2.24) is 10.6 Å². The Morgan fingerprint density at radius 3 is 2.42 bits per heavy atom. The van der Waals surface area contributed by atoms with Crippen LogP contribution in [0.2, 0.25) is 0 Å². The first kappa shape index (κ1) is 43.4. The topological polar surface area (TPSA) is 177 Å². The Morgan fingerprint density at radius 2 is 1.67 bits per heavy atom. The smallest absolute Gasteiger partial charge is 0.332 e. The molecule has 0 aromatic heterocycles. The van der Waals surface area contributed by atoms with Crippen molar-refractivity contribution in [2.45, 2.75) is 112 Å². The lowest BCUT2D eigenvalue weighted by Crippen LogP contribution is -2.60. The normalized spacial score (nSPS) is 32.4. The molecule has 6 rings (SSSR count). The molecular formula is C42H60N2O12S. The third kappa shape index (κ3) is 11.1. The standard InChI is InChI=1S/C42H60N2O12S/c1-28-13-15-30-37(28)39(55-35(47)16-14-29-9-4-3-5-10-29)42(25-33(41(30,2)56-42)54-36(48)26-45)17-8-18-50-19-20-51-21-22-52-23-24-53-34(46)12-7-6-11-32-38-31(27-57-32)43-40(49)44-38/h3-5,9-10,14,16,28,30-33,37-39,45H,6-8,11-13,15,17-27H2,1-2H3,(H2,43,44,49)/b16-14+/t28-,30-,31+,32+,33-,37-,38+,39+,41+,42+/m1/s1. The van der Waals surface area contributed by atoms with Crippen molar-refractivity contribution >= 4 is 41.8 Å². The molecule has 14 nitrogen and oxygen atoms in total. The van der Waals surface area contributed by atoms with E-state index in [0.29, 0.717) is 70.6 Å². The number of esters is 3. The number of urea groups is 1. The fourth-order valence-corrected chi connectivity index (χ4v) is 11.1. The van der Waals surface area contributed by atoms with Gasteiger partial charge in [0.25, 0.3) is 0 Å². The minimum atomic E-state index is -0.885. The summed E-state index contributed by atoms with van der Waals surface area (Å²) < 4.78 is 41.5. The minimum Gasteiger partial charge on any atom is -0.463 e. The molecule has 1 aromatic carbocycles. The third-order valence-corrected chi connectivity index (χ3v) is 13.8. The van der Waals surface area contributed by atoms with Crippen LogP contribution in [0.25, 0.3) is 6.08 Å². The molecule has 15 heteroatoms. The second-order valence-electron chi connectivity index (χ2n) is 16.1. The van der Waals surface area contributed by atoms with E-state index in [9.17, 15) is 24.3 Å². The number of carbonyl (C=O) groups is 4. The molecule has 3 N–H and O–H groups in total. The van der Waals surface area contributed by atoms with Gasteiger partial charge in [-0.05, 0) is 68.9 Å². The van der Waals surface area contributed by atoms with Crippen LogP contribution < -0.4 is 10.6 Å². The Kier molecular flexibility index (Phi) is 15.7. The number of fused-ring (bicyclic) bond motifs is 5. The van der Waals surface area contributed by atoms with E-state index in [1.54, 1.807) is 6.08 Å². The highest BCUT2D eigenvalue weighted by atomic mass is 32.2. The van der Waals surface area contributed by atoms with Crippen molar-refractivity contribution in [3.63, 3.8) is 0 Å². The van der Waals surface area contributed by atoms with Gasteiger partial charge in [-0.15, -0.1) is 0 Å². The monoisotopic (exact) mass is 816 g/mol. The third-order valence-electron chi connectivity index (χ3n) is 12.3. The number of unbranched alkanes of at least 4 members (excludes halogenated alkanes) is 1. The van der Waals surface area contributed by atoms with Crippen molar-refractivity contribution in [2.24, 2.45) is 17.8 Å². The van der Waals surface area contributed by atoms with E-state index in [4.69, 9.17) is 33.2 Å². The Balaban J connectivity index is 0.865. The largest absolute Gasteiger partial charge is 0.463 e. The van der Waals surface area contributed by atoms with Gasteiger partial charge >= 0.3 is 23.9 Å². The molecular weight excluding hydrogens is 757 g/mol. The number of nitrogens with one attached hydrogen (secondary N) is 2. The number of rotatable bonds is 23. The second-order valence-corrected chi connectivity index (χ2v) is 17.3. The van der Waals surface area contributed by atoms with Gasteiger partial charge in [0.05, 0.1) is 45.1 Å². The number of carbonyl (C=O) groups excluding carboxylic acids is 4. The Morgan fingerprint density at radius 1 is 0.930 bits per heavy atom. The van der Waals surface area contributed by atoms with Gasteiger partial charge in [-0.25, -0.2) is 14.4 Å². The molecule has 2 bridgehead atoms. The highest BCUT2D eigenvalue weighted by Gasteiger charge is 2.71. The molecule has 5 aliphatic rings. The Bertz CT molecular complexity index is 1530. The molecule has 0 spiro atoms. The number of hydrogen-bond donors (Lipinski definition) is 3. The van der Waals surface area contributed by atoms with Gasteiger partial charge in [0.15, 0.2) is 0 Å². The number of aliphatic hydroxyl groups is 1. The molecule has 5 fully saturated rings. The quantitative estimate of drug-likeness (QED) is 0.0471. The maximum absolute atomic E-state index is 13.3. The van der Waals surface area contributed by atoms with Crippen LogP contribution in [0.1, 0.15) is 77.2 Å². The first-order valence-electron chi connectivity index (χ1n) is 20.6. The average molecular weight is 817 g/mol. The van der Waals surface area contributed by atoms with E-state index in [1.165, 1.54) is 6.08 Å². The lowest BCUT2D eigenvalue weighted by Gasteiger charge is -2.51. The molecule has 0 unspecified atom stereocenters. The van der Waals surface area contributed by atoms with Crippen molar-refractivity contribution < 1.29 is 57.4 Å². The zero-order valence-electron chi connectivity index (χ0n) is 33.2. The second kappa shape index (κ2) is 20.7. The van der Waals surface area contributed by atoms with Crippen LogP contribution in [0, 0.1) is 17.8 Å². The van der Waals surface area contributed by atoms with Crippen LogP contribution in [0.3, 0.4) is 0 Å². The van der Waals surface area contributed by atoms with Crippen LogP contribution in [-0.4, -0.2) is 128 Å². The highest BCUT2D eigenvalue weighted by molar-refractivity contribution is 8.00. The Hall–Kier alpha value is -3.21. The van der Waals surface area contributed by atoms with Gasteiger partial charge in [-0.2, -0.15) is 11.8 Å². The van der Waals surface area contributed by atoms with Gasteiger partial charge in [0.1, 0.15) is 36.6 Å². The van der Waals surface area contributed by atoms with E-state index in [1.807, 2.05) is 49.0 Å². The van der Waals surface area contributed by atoms with Crippen molar-refractivity contribution in [2.75, 3.05) is 58.6 Å². The zero-order chi connectivity index (χ0) is 40.3. The summed E-state index contributed by atoms with van der Waals surface area (Å²) in [4.78, 5) is 49.3. The average Bonchev–Trinajstić information content (AvgIpc) is 3.95. The van der Waals surface area contributed by atoms with E-state index in [-0.39, 0.29) is 48.4 Å². The van der Waals surface area contributed by atoms with Gasteiger partial charge in [-0.3, -0.25) is 4.79 Å². The van der Waals surface area contributed by atoms with Crippen LogP contribution >= 0.6 is 11.8 Å². The summed E-state index contributed by atoms with van der Waals surface area (Å²) in [6, 6.07) is 9.89. The number of aliphatic hydroxyl groups excluding tert-OH is 1. The summed E-state index contributed by atoms with van der Waals surface area (Å²) in [5.74, 6) is -0.103. The minimum absolute atomic E-state index is 0.0239.